The molecule has 160 valence electrons. The predicted molar refractivity (Wildman–Crippen MR) is 126 cm³/mol. The molecule has 0 bridgehead atoms. The van der Waals surface area contributed by atoms with Crippen molar-refractivity contribution < 1.29 is 9.59 Å². The number of benzene rings is 1. The van der Waals surface area contributed by atoms with Crippen LogP contribution in [0.15, 0.2) is 41.4 Å². The van der Waals surface area contributed by atoms with Crippen molar-refractivity contribution in [1.82, 2.24) is 9.97 Å². The summed E-state index contributed by atoms with van der Waals surface area (Å²) in [4.78, 5) is 34.7. The SMILES string of the molecule is Cc1nc(SCCC(=O)Nc2sc3c(c2C(N)=O)CCCC3)cc(-c2ccccc2)n1. The number of anilines is 1. The van der Waals surface area contributed by atoms with Crippen molar-refractivity contribution in [3.63, 3.8) is 0 Å². The first kappa shape index (κ1) is 21.5. The molecule has 0 aliphatic heterocycles. The minimum atomic E-state index is -0.464. The van der Waals surface area contributed by atoms with Gasteiger partial charge in [0, 0.05) is 22.6 Å². The summed E-state index contributed by atoms with van der Waals surface area (Å²) in [7, 11) is 0. The molecule has 1 aromatic carbocycles. The Morgan fingerprint density at radius 1 is 1.16 bits per heavy atom. The normalized spacial score (nSPS) is 12.9. The fraction of sp³-hybridized carbons (Fsp3) is 0.304. The van der Waals surface area contributed by atoms with Gasteiger partial charge in [-0.25, -0.2) is 9.97 Å². The molecule has 0 fully saturated rings. The van der Waals surface area contributed by atoms with Gasteiger partial charge in [-0.2, -0.15) is 0 Å². The molecule has 0 saturated heterocycles. The van der Waals surface area contributed by atoms with E-state index < -0.39 is 5.91 Å². The highest BCUT2D eigenvalue weighted by Crippen LogP contribution is 2.38. The zero-order valence-electron chi connectivity index (χ0n) is 17.3. The van der Waals surface area contributed by atoms with E-state index in [0.29, 0.717) is 28.6 Å². The first-order chi connectivity index (χ1) is 15.0. The lowest BCUT2D eigenvalue weighted by Gasteiger charge is -2.11. The van der Waals surface area contributed by atoms with Crippen molar-refractivity contribution in [2.45, 2.75) is 44.1 Å². The van der Waals surface area contributed by atoms with E-state index in [1.807, 2.05) is 43.3 Å². The van der Waals surface area contributed by atoms with Crippen molar-refractivity contribution >= 4 is 39.9 Å². The van der Waals surface area contributed by atoms with Gasteiger partial charge in [0.15, 0.2) is 0 Å². The Labute approximate surface area is 189 Å². The van der Waals surface area contributed by atoms with Crippen LogP contribution in [-0.2, 0) is 17.6 Å². The number of fused-ring (bicyclic) bond motifs is 1. The molecule has 0 atom stereocenters. The third-order valence-corrected chi connectivity index (χ3v) is 7.25. The highest BCUT2D eigenvalue weighted by atomic mass is 32.2. The quantitative estimate of drug-likeness (QED) is 0.403. The van der Waals surface area contributed by atoms with Gasteiger partial charge in [0.25, 0.3) is 5.91 Å². The van der Waals surface area contributed by atoms with Gasteiger partial charge in [0.05, 0.1) is 11.3 Å². The van der Waals surface area contributed by atoms with E-state index in [-0.39, 0.29) is 5.91 Å². The molecule has 0 radical (unpaired) electrons. The Morgan fingerprint density at radius 2 is 1.94 bits per heavy atom. The molecule has 2 aromatic heterocycles. The van der Waals surface area contributed by atoms with Gasteiger partial charge in [0.1, 0.15) is 15.9 Å². The van der Waals surface area contributed by atoms with E-state index in [9.17, 15) is 9.59 Å². The minimum absolute atomic E-state index is 0.123. The largest absolute Gasteiger partial charge is 0.365 e. The Morgan fingerprint density at radius 3 is 2.71 bits per heavy atom. The highest BCUT2D eigenvalue weighted by molar-refractivity contribution is 7.99. The lowest BCUT2D eigenvalue weighted by atomic mass is 9.95. The molecule has 0 unspecified atom stereocenters. The number of rotatable bonds is 7. The molecule has 1 aliphatic rings. The summed E-state index contributed by atoms with van der Waals surface area (Å²) in [6.45, 7) is 1.87. The second kappa shape index (κ2) is 9.62. The lowest BCUT2D eigenvalue weighted by Crippen LogP contribution is -2.18. The standard InChI is InChI=1S/C23H24N4O2S2/c1-14-25-17(15-7-3-2-4-8-15)13-20(26-14)30-12-11-19(28)27-23-21(22(24)29)16-9-5-6-10-18(16)31-23/h2-4,7-8,13H,5-6,9-12H2,1H3,(H2,24,29)(H,27,28). The van der Waals surface area contributed by atoms with Crippen LogP contribution in [0.25, 0.3) is 11.3 Å². The molecule has 8 heteroatoms. The molecule has 3 N–H and O–H groups in total. The van der Waals surface area contributed by atoms with Crippen LogP contribution in [0.2, 0.25) is 0 Å². The predicted octanol–water partition coefficient (Wildman–Crippen LogP) is 4.61. The van der Waals surface area contributed by atoms with Gasteiger partial charge in [-0.15, -0.1) is 23.1 Å². The number of amides is 2. The van der Waals surface area contributed by atoms with Crippen LogP contribution in [0.3, 0.4) is 0 Å². The molecular formula is C23H24N4O2S2. The Bertz CT molecular complexity index is 1110. The van der Waals surface area contributed by atoms with Crippen molar-refractivity contribution in [3.05, 3.63) is 58.2 Å². The molecule has 1 aliphatic carbocycles. The van der Waals surface area contributed by atoms with Gasteiger partial charge in [-0.05, 0) is 44.2 Å². The maximum atomic E-state index is 12.5. The molecule has 0 saturated carbocycles. The zero-order valence-corrected chi connectivity index (χ0v) is 18.9. The van der Waals surface area contributed by atoms with Crippen molar-refractivity contribution in [2.24, 2.45) is 5.73 Å². The monoisotopic (exact) mass is 452 g/mol. The maximum Gasteiger partial charge on any atom is 0.251 e. The summed E-state index contributed by atoms with van der Waals surface area (Å²) in [5, 5.41) is 4.35. The van der Waals surface area contributed by atoms with Gasteiger partial charge in [-0.3, -0.25) is 9.59 Å². The van der Waals surface area contributed by atoms with Gasteiger partial charge < -0.3 is 11.1 Å². The van der Waals surface area contributed by atoms with Crippen molar-refractivity contribution in [2.75, 3.05) is 11.1 Å². The van der Waals surface area contributed by atoms with Gasteiger partial charge in [-0.1, -0.05) is 30.3 Å². The third-order valence-electron chi connectivity index (χ3n) is 5.13. The summed E-state index contributed by atoms with van der Waals surface area (Å²) >= 11 is 3.01. The maximum absolute atomic E-state index is 12.5. The van der Waals surface area contributed by atoms with E-state index in [4.69, 9.17) is 5.73 Å². The van der Waals surface area contributed by atoms with Crippen LogP contribution < -0.4 is 11.1 Å². The Balaban J connectivity index is 1.39. The number of nitrogens with one attached hydrogen (secondary N) is 1. The summed E-state index contributed by atoms with van der Waals surface area (Å²) < 4.78 is 0. The van der Waals surface area contributed by atoms with E-state index in [1.165, 1.54) is 28.0 Å². The first-order valence-electron chi connectivity index (χ1n) is 10.3. The molecule has 31 heavy (non-hydrogen) atoms. The van der Waals surface area contributed by atoms with Crippen LogP contribution in [0.1, 0.15) is 45.9 Å². The van der Waals surface area contributed by atoms with Gasteiger partial charge in [0.2, 0.25) is 5.91 Å². The van der Waals surface area contributed by atoms with Crippen LogP contribution >= 0.6 is 23.1 Å². The lowest BCUT2D eigenvalue weighted by molar-refractivity contribution is -0.115. The van der Waals surface area contributed by atoms with Crippen LogP contribution in [0.4, 0.5) is 5.00 Å². The number of hydrogen-bond donors (Lipinski definition) is 2. The number of nitrogens with zero attached hydrogens (tertiary/aromatic N) is 2. The highest BCUT2D eigenvalue weighted by Gasteiger charge is 2.24. The molecule has 2 heterocycles. The van der Waals surface area contributed by atoms with E-state index in [2.05, 4.69) is 15.3 Å². The number of aryl methyl sites for hydroxylation is 2. The fourth-order valence-corrected chi connectivity index (χ4v) is 5.92. The number of thiophene rings is 1. The number of hydrogen-bond acceptors (Lipinski definition) is 6. The average molecular weight is 453 g/mol. The smallest absolute Gasteiger partial charge is 0.251 e. The summed E-state index contributed by atoms with van der Waals surface area (Å²) in [5.41, 5.74) is 9.04. The van der Waals surface area contributed by atoms with E-state index in [0.717, 1.165) is 47.5 Å². The van der Waals surface area contributed by atoms with Crippen molar-refractivity contribution in [1.29, 1.82) is 0 Å². The topological polar surface area (TPSA) is 98.0 Å². The summed E-state index contributed by atoms with van der Waals surface area (Å²) in [5.74, 6) is 0.688. The number of carbonyl (C=O) groups is 2. The van der Waals surface area contributed by atoms with Crippen LogP contribution in [-0.4, -0.2) is 27.5 Å². The summed E-state index contributed by atoms with van der Waals surface area (Å²) in [6, 6.07) is 11.9. The number of carbonyl (C=O) groups excluding carboxylic acids is 2. The molecule has 0 spiro atoms. The Kier molecular flexibility index (Phi) is 6.67. The van der Waals surface area contributed by atoms with Crippen molar-refractivity contribution in [3.8, 4) is 11.3 Å². The van der Waals surface area contributed by atoms with E-state index >= 15 is 0 Å². The molecule has 6 nitrogen and oxygen atoms in total. The minimum Gasteiger partial charge on any atom is -0.365 e. The van der Waals surface area contributed by atoms with Crippen LogP contribution in [0.5, 0.6) is 0 Å². The molecule has 3 aromatic rings. The second-order valence-electron chi connectivity index (χ2n) is 7.43. The third kappa shape index (κ3) is 5.14. The number of primary amides is 1. The molecule has 4 rings (SSSR count). The molecule has 2 amide bonds. The Hall–Kier alpha value is -2.71. The number of thioether (sulfide) groups is 1. The zero-order chi connectivity index (χ0) is 21.8. The molecular weight excluding hydrogens is 428 g/mol. The average Bonchev–Trinajstić information content (AvgIpc) is 3.12. The van der Waals surface area contributed by atoms with Crippen LogP contribution in [0, 0.1) is 6.92 Å². The summed E-state index contributed by atoms with van der Waals surface area (Å²) in [6.07, 6.45) is 4.28. The fourth-order valence-electron chi connectivity index (χ4n) is 3.72. The van der Waals surface area contributed by atoms with Gasteiger partial charge >= 0.3 is 0 Å². The number of aromatic nitrogens is 2. The second-order valence-corrected chi connectivity index (χ2v) is 9.65. The van der Waals surface area contributed by atoms with E-state index in [1.54, 1.807) is 0 Å². The first-order valence-corrected chi connectivity index (χ1v) is 12.1. The number of nitrogens with two attached hydrogens (primary N) is 1.